The van der Waals surface area contributed by atoms with Crippen LogP contribution in [0.3, 0.4) is 0 Å². The first kappa shape index (κ1) is 15.4. The molecular weight excluding hydrogens is 321 g/mol. The Morgan fingerprint density at radius 3 is 2.88 bits per heavy atom. The molecule has 25 heavy (non-hydrogen) atoms. The van der Waals surface area contributed by atoms with Crippen molar-refractivity contribution in [3.8, 4) is 11.4 Å². The molecule has 126 valence electrons. The van der Waals surface area contributed by atoms with Crippen LogP contribution in [0.5, 0.6) is 5.75 Å². The van der Waals surface area contributed by atoms with Crippen LogP contribution < -0.4 is 10.1 Å². The Labute approximate surface area is 144 Å². The molecule has 0 fully saturated rings. The third-order valence-electron chi connectivity index (χ3n) is 4.39. The van der Waals surface area contributed by atoms with Crippen molar-refractivity contribution in [3.05, 3.63) is 71.9 Å². The maximum atomic E-state index is 14.2. The molecule has 2 heterocycles. The van der Waals surface area contributed by atoms with Gasteiger partial charge in [0.1, 0.15) is 23.7 Å². The van der Waals surface area contributed by atoms with E-state index in [0.29, 0.717) is 22.8 Å². The quantitative estimate of drug-likeness (QED) is 0.796. The van der Waals surface area contributed by atoms with Gasteiger partial charge in [-0.25, -0.2) is 9.37 Å². The summed E-state index contributed by atoms with van der Waals surface area (Å²) in [6, 6.07) is 14.0. The van der Waals surface area contributed by atoms with Gasteiger partial charge in [-0.2, -0.15) is 0 Å². The summed E-state index contributed by atoms with van der Waals surface area (Å²) in [5.74, 6) is 0.372. The SMILES string of the molecule is COc1cccc(-n2cnc3c2NC(=O)C[C@H]3c2ccccc2F)c1. The van der Waals surface area contributed by atoms with Crippen molar-refractivity contribution in [3.63, 3.8) is 0 Å². The lowest BCUT2D eigenvalue weighted by Gasteiger charge is -2.23. The fourth-order valence-corrected chi connectivity index (χ4v) is 3.18. The highest BCUT2D eigenvalue weighted by atomic mass is 19.1. The van der Waals surface area contributed by atoms with E-state index in [1.165, 1.54) is 6.07 Å². The lowest BCUT2D eigenvalue weighted by molar-refractivity contribution is -0.116. The van der Waals surface area contributed by atoms with E-state index >= 15 is 0 Å². The Morgan fingerprint density at radius 1 is 1.24 bits per heavy atom. The molecule has 2 aromatic carbocycles. The number of anilines is 1. The van der Waals surface area contributed by atoms with Crippen LogP contribution in [0.1, 0.15) is 23.6 Å². The summed E-state index contributed by atoms with van der Waals surface area (Å²) in [4.78, 5) is 16.7. The number of carbonyl (C=O) groups excluding carboxylic acids is 1. The molecule has 1 amide bonds. The molecule has 0 bridgehead atoms. The number of halogens is 1. The van der Waals surface area contributed by atoms with Crippen LogP contribution in [0.15, 0.2) is 54.9 Å². The third kappa shape index (κ3) is 2.65. The first-order valence-corrected chi connectivity index (χ1v) is 7.93. The summed E-state index contributed by atoms with van der Waals surface area (Å²) in [7, 11) is 1.60. The van der Waals surface area contributed by atoms with Crippen molar-refractivity contribution in [1.29, 1.82) is 0 Å². The molecule has 0 saturated heterocycles. The second-order valence-corrected chi connectivity index (χ2v) is 5.88. The highest BCUT2D eigenvalue weighted by Crippen LogP contribution is 2.38. The number of fused-ring (bicyclic) bond motifs is 1. The fourth-order valence-electron chi connectivity index (χ4n) is 3.18. The summed E-state index contributed by atoms with van der Waals surface area (Å²) in [6.45, 7) is 0. The minimum atomic E-state index is -0.406. The largest absolute Gasteiger partial charge is 0.497 e. The highest BCUT2D eigenvalue weighted by molar-refractivity contribution is 5.94. The molecule has 1 N–H and O–H groups in total. The predicted molar refractivity (Wildman–Crippen MR) is 91.6 cm³/mol. The molecule has 3 aromatic rings. The van der Waals surface area contributed by atoms with Gasteiger partial charge in [0.2, 0.25) is 5.91 Å². The van der Waals surface area contributed by atoms with Crippen molar-refractivity contribution in [2.45, 2.75) is 12.3 Å². The molecular formula is C19H16FN3O2. The molecule has 0 spiro atoms. The lowest BCUT2D eigenvalue weighted by atomic mass is 9.89. The Kier molecular flexibility index (Phi) is 3.72. The van der Waals surface area contributed by atoms with Crippen LogP contribution in [0.4, 0.5) is 10.2 Å². The summed E-state index contributed by atoms with van der Waals surface area (Å²) in [6.07, 6.45) is 1.81. The molecule has 1 atom stereocenters. The zero-order valence-corrected chi connectivity index (χ0v) is 13.6. The molecule has 5 nitrogen and oxygen atoms in total. The monoisotopic (exact) mass is 337 g/mol. The summed E-state index contributed by atoms with van der Waals surface area (Å²) >= 11 is 0. The summed E-state index contributed by atoms with van der Waals surface area (Å²) in [5.41, 5.74) is 1.95. The van der Waals surface area contributed by atoms with Gasteiger partial charge in [-0.3, -0.25) is 9.36 Å². The number of benzene rings is 2. The van der Waals surface area contributed by atoms with Crippen molar-refractivity contribution < 1.29 is 13.9 Å². The van der Waals surface area contributed by atoms with E-state index in [1.54, 1.807) is 36.2 Å². The number of rotatable bonds is 3. The maximum absolute atomic E-state index is 14.2. The van der Waals surface area contributed by atoms with Crippen LogP contribution in [-0.4, -0.2) is 22.6 Å². The number of aromatic nitrogens is 2. The number of ether oxygens (including phenoxy) is 1. The van der Waals surface area contributed by atoms with Crippen molar-refractivity contribution in [2.75, 3.05) is 12.4 Å². The van der Waals surface area contributed by atoms with E-state index in [-0.39, 0.29) is 18.1 Å². The summed E-state index contributed by atoms with van der Waals surface area (Å²) < 4.78 is 21.3. The van der Waals surface area contributed by atoms with Gasteiger partial charge in [-0.05, 0) is 23.8 Å². The van der Waals surface area contributed by atoms with E-state index in [0.717, 1.165) is 5.69 Å². The van der Waals surface area contributed by atoms with Crippen LogP contribution in [0, 0.1) is 5.82 Å². The predicted octanol–water partition coefficient (Wildman–Crippen LogP) is 3.49. The lowest BCUT2D eigenvalue weighted by Crippen LogP contribution is -2.25. The zero-order valence-electron chi connectivity index (χ0n) is 13.6. The molecule has 0 saturated carbocycles. The Morgan fingerprint density at radius 2 is 2.08 bits per heavy atom. The fraction of sp³-hybridized carbons (Fsp3) is 0.158. The van der Waals surface area contributed by atoms with Crippen molar-refractivity contribution in [2.24, 2.45) is 0 Å². The topological polar surface area (TPSA) is 56.1 Å². The van der Waals surface area contributed by atoms with Crippen LogP contribution >= 0.6 is 0 Å². The van der Waals surface area contributed by atoms with Crippen LogP contribution in [0.25, 0.3) is 5.69 Å². The smallest absolute Gasteiger partial charge is 0.226 e. The maximum Gasteiger partial charge on any atom is 0.226 e. The molecule has 0 unspecified atom stereocenters. The van der Waals surface area contributed by atoms with Gasteiger partial charge in [0.15, 0.2) is 0 Å². The number of nitrogens with one attached hydrogen (secondary N) is 1. The molecule has 1 aliphatic rings. The number of nitrogens with zero attached hydrogens (tertiary/aromatic N) is 2. The highest BCUT2D eigenvalue weighted by Gasteiger charge is 2.32. The van der Waals surface area contributed by atoms with E-state index in [2.05, 4.69) is 10.3 Å². The first-order chi connectivity index (χ1) is 12.2. The third-order valence-corrected chi connectivity index (χ3v) is 4.39. The number of hydrogen-bond acceptors (Lipinski definition) is 3. The Hall–Kier alpha value is -3.15. The van der Waals surface area contributed by atoms with Gasteiger partial charge in [0.25, 0.3) is 0 Å². The molecule has 0 radical (unpaired) electrons. The van der Waals surface area contributed by atoms with Gasteiger partial charge in [-0.1, -0.05) is 24.3 Å². The van der Waals surface area contributed by atoms with Gasteiger partial charge in [-0.15, -0.1) is 0 Å². The van der Waals surface area contributed by atoms with E-state index < -0.39 is 5.92 Å². The standard InChI is InChI=1S/C19H16FN3O2/c1-25-13-6-4-5-12(9-13)23-11-21-18-15(10-17(24)22-19(18)23)14-7-2-3-8-16(14)20/h2-9,11,15H,10H2,1H3,(H,22,24)/t15-/m0/s1. The zero-order chi connectivity index (χ0) is 17.4. The summed E-state index contributed by atoms with van der Waals surface area (Å²) in [5, 5.41) is 2.86. The molecule has 1 aromatic heterocycles. The first-order valence-electron chi connectivity index (χ1n) is 7.93. The second kappa shape index (κ2) is 6.05. The molecule has 1 aliphatic heterocycles. The average molecular weight is 337 g/mol. The molecule has 0 aliphatic carbocycles. The normalized spacial score (nSPS) is 16.2. The number of carbonyl (C=O) groups is 1. The van der Waals surface area contributed by atoms with Crippen molar-refractivity contribution >= 4 is 11.7 Å². The number of imidazole rings is 1. The number of methoxy groups -OCH3 is 1. The van der Waals surface area contributed by atoms with E-state index in [1.807, 2.05) is 24.3 Å². The van der Waals surface area contributed by atoms with E-state index in [9.17, 15) is 9.18 Å². The van der Waals surface area contributed by atoms with E-state index in [4.69, 9.17) is 4.74 Å². The van der Waals surface area contributed by atoms with Gasteiger partial charge in [0.05, 0.1) is 18.5 Å². The van der Waals surface area contributed by atoms with Crippen molar-refractivity contribution in [1.82, 2.24) is 9.55 Å². The minimum Gasteiger partial charge on any atom is -0.497 e. The second-order valence-electron chi connectivity index (χ2n) is 5.88. The average Bonchev–Trinajstić information content (AvgIpc) is 3.05. The minimum absolute atomic E-state index is 0.162. The van der Waals surface area contributed by atoms with Crippen LogP contribution in [-0.2, 0) is 4.79 Å². The number of amides is 1. The Bertz CT molecular complexity index is 951. The Balaban J connectivity index is 1.83. The van der Waals surface area contributed by atoms with Gasteiger partial charge >= 0.3 is 0 Å². The van der Waals surface area contributed by atoms with Crippen LogP contribution in [0.2, 0.25) is 0 Å². The number of hydrogen-bond donors (Lipinski definition) is 1. The molecule has 4 rings (SSSR count). The van der Waals surface area contributed by atoms with Gasteiger partial charge in [0, 0.05) is 18.4 Å². The van der Waals surface area contributed by atoms with Gasteiger partial charge < -0.3 is 10.1 Å². The molecule has 6 heteroatoms.